The normalized spacial score (nSPS) is 18.7. The predicted octanol–water partition coefficient (Wildman–Crippen LogP) is 4.99. The van der Waals surface area contributed by atoms with Gasteiger partial charge in [-0.1, -0.05) is 30.3 Å². The highest BCUT2D eigenvalue weighted by Gasteiger charge is 2.19. The molecule has 0 spiro atoms. The van der Waals surface area contributed by atoms with Crippen LogP contribution in [0.5, 0.6) is 0 Å². The maximum atomic E-state index is 4.17. The zero-order chi connectivity index (χ0) is 15.6. The average Bonchev–Trinajstić information content (AvgIpc) is 3.24. The van der Waals surface area contributed by atoms with Crippen molar-refractivity contribution >= 4 is 22.1 Å². The van der Waals surface area contributed by atoms with E-state index in [0.717, 1.165) is 12.5 Å². The highest BCUT2D eigenvalue weighted by molar-refractivity contribution is 7.13. The van der Waals surface area contributed by atoms with Gasteiger partial charge in [0.2, 0.25) is 0 Å². The van der Waals surface area contributed by atoms with Crippen LogP contribution in [0.25, 0.3) is 21.2 Å². The van der Waals surface area contributed by atoms with Crippen molar-refractivity contribution in [3.63, 3.8) is 0 Å². The summed E-state index contributed by atoms with van der Waals surface area (Å²) in [6, 6.07) is 14.4. The SMILES string of the molecule is C[C@@H]1CCCN1CCc1ccc2cc(-c3cncs3)ccc2c1. The van der Waals surface area contributed by atoms with Crippen molar-refractivity contribution in [2.24, 2.45) is 0 Å². The first-order chi connectivity index (χ1) is 11.3. The lowest BCUT2D eigenvalue weighted by molar-refractivity contribution is 0.272. The molecule has 3 heteroatoms. The molecule has 3 aromatic rings. The molecule has 23 heavy (non-hydrogen) atoms. The van der Waals surface area contributed by atoms with Crippen LogP contribution in [0.2, 0.25) is 0 Å². The van der Waals surface area contributed by atoms with Crippen LogP contribution < -0.4 is 0 Å². The van der Waals surface area contributed by atoms with E-state index in [9.17, 15) is 0 Å². The zero-order valence-corrected chi connectivity index (χ0v) is 14.4. The number of thiazole rings is 1. The highest BCUT2D eigenvalue weighted by atomic mass is 32.1. The quantitative estimate of drug-likeness (QED) is 0.672. The third kappa shape index (κ3) is 3.17. The maximum Gasteiger partial charge on any atom is 0.0797 e. The highest BCUT2D eigenvalue weighted by Crippen LogP contribution is 2.27. The summed E-state index contributed by atoms with van der Waals surface area (Å²) in [6.45, 7) is 4.81. The minimum Gasteiger partial charge on any atom is -0.300 e. The fourth-order valence-electron chi connectivity index (χ4n) is 3.56. The van der Waals surface area contributed by atoms with Crippen LogP contribution in [-0.4, -0.2) is 29.0 Å². The lowest BCUT2D eigenvalue weighted by atomic mass is 10.0. The van der Waals surface area contributed by atoms with Crippen LogP contribution in [-0.2, 0) is 6.42 Å². The average molecular weight is 322 g/mol. The van der Waals surface area contributed by atoms with Gasteiger partial charge in [0.05, 0.1) is 10.4 Å². The zero-order valence-electron chi connectivity index (χ0n) is 13.5. The molecule has 2 nitrogen and oxygen atoms in total. The second-order valence-electron chi connectivity index (χ2n) is 6.54. The lowest BCUT2D eigenvalue weighted by Crippen LogP contribution is -2.28. The molecule has 0 amide bonds. The van der Waals surface area contributed by atoms with Crippen LogP contribution in [0.1, 0.15) is 25.3 Å². The van der Waals surface area contributed by atoms with E-state index in [0.29, 0.717) is 0 Å². The second-order valence-corrected chi connectivity index (χ2v) is 7.43. The van der Waals surface area contributed by atoms with Crippen LogP contribution in [0.3, 0.4) is 0 Å². The number of nitrogens with zero attached hydrogens (tertiary/aromatic N) is 2. The summed E-state index contributed by atoms with van der Waals surface area (Å²) >= 11 is 1.69. The first kappa shape index (κ1) is 14.9. The fraction of sp³-hybridized carbons (Fsp3) is 0.350. The molecule has 4 rings (SSSR count). The molecule has 0 aliphatic carbocycles. The van der Waals surface area contributed by atoms with E-state index in [4.69, 9.17) is 0 Å². The summed E-state index contributed by atoms with van der Waals surface area (Å²) in [5.41, 5.74) is 4.60. The molecule has 1 aromatic heterocycles. The number of fused-ring (bicyclic) bond motifs is 1. The Kier molecular flexibility index (Phi) is 4.15. The van der Waals surface area contributed by atoms with Crippen LogP contribution in [0, 0.1) is 0 Å². The molecule has 2 heterocycles. The molecule has 0 bridgehead atoms. The third-order valence-corrected chi connectivity index (χ3v) is 5.82. The Hall–Kier alpha value is -1.71. The van der Waals surface area contributed by atoms with Crippen LogP contribution >= 0.6 is 11.3 Å². The van der Waals surface area contributed by atoms with Gasteiger partial charge in [0.25, 0.3) is 0 Å². The molecule has 0 unspecified atom stereocenters. The third-order valence-electron chi connectivity index (χ3n) is 5.00. The van der Waals surface area contributed by atoms with Crippen molar-refractivity contribution in [1.82, 2.24) is 9.88 Å². The molecule has 1 saturated heterocycles. The van der Waals surface area contributed by atoms with Crippen molar-refractivity contribution in [3.8, 4) is 10.4 Å². The topological polar surface area (TPSA) is 16.1 Å². The summed E-state index contributed by atoms with van der Waals surface area (Å²) in [5, 5.41) is 2.65. The van der Waals surface area contributed by atoms with Gasteiger partial charge < -0.3 is 4.90 Å². The summed E-state index contributed by atoms with van der Waals surface area (Å²) in [7, 11) is 0. The van der Waals surface area contributed by atoms with Crippen LogP contribution in [0.4, 0.5) is 0 Å². The Balaban J connectivity index is 1.53. The van der Waals surface area contributed by atoms with E-state index in [-0.39, 0.29) is 0 Å². The molecule has 1 fully saturated rings. The van der Waals surface area contributed by atoms with Crippen molar-refractivity contribution in [2.75, 3.05) is 13.1 Å². The van der Waals surface area contributed by atoms with Crippen molar-refractivity contribution < 1.29 is 0 Å². The Labute approximate surface area is 141 Å². The fourth-order valence-corrected chi connectivity index (χ4v) is 4.18. The molecular weight excluding hydrogens is 300 g/mol. The van der Waals surface area contributed by atoms with E-state index in [1.807, 2.05) is 11.7 Å². The molecule has 2 aromatic carbocycles. The van der Waals surface area contributed by atoms with Crippen LogP contribution in [0.15, 0.2) is 48.1 Å². The van der Waals surface area contributed by atoms with Gasteiger partial charge in [-0.05, 0) is 60.7 Å². The van der Waals surface area contributed by atoms with Gasteiger partial charge in [-0.3, -0.25) is 4.98 Å². The first-order valence-electron chi connectivity index (χ1n) is 8.45. The predicted molar refractivity (Wildman–Crippen MR) is 99.0 cm³/mol. The molecule has 1 atom stereocenters. The molecular formula is C20H22N2S. The summed E-state index contributed by atoms with van der Waals surface area (Å²) < 4.78 is 0. The number of benzene rings is 2. The molecule has 1 aliphatic heterocycles. The summed E-state index contributed by atoms with van der Waals surface area (Å²) in [4.78, 5) is 8.03. The van der Waals surface area contributed by atoms with E-state index < -0.39 is 0 Å². The Bertz CT molecular complexity index is 795. The lowest BCUT2D eigenvalue weighted by Gasteiger charge is -2.20. The van der Waals surface area contributed by atoms with E-state index in [2.05, 4.69) is 53.2 Å². The summed E-state index contributed by atoms with van der Waals surface area (Å²) in [5.74, 6) is 0. The minimum absolute atomic E-state index is 0.761. The van der Waals surface area contributed by atoms with Crippen molar-refractivity contribution in [1.29, 1.82) is 0 Å². The number of aromatic nitrogens is 1. The monoisotopic (exact) mass is 322 g/mol. The molecule has 0 N–H and O–H groups in total. The summed E-state index contributed by atoms with van der Waals surface area (Å²) in [6.07, 6.45) is 5.81. The minimum atomic E-state index is 0.761. The molecule has 1 aliphatic rings. The standard InChI is InChI=1S/C20H22N2S/c1-15-3-2-9-22(15)10-8-16-4-5-18-12-19(7-6-17(18)11-16)20-13-21-14-23-20/h4-7,11-15H,2-3,8-10H2,1H3/t15-/m1/s1. The number of hydrogen-bond donors (Lipinski definition) is 0. The van der Waals surface area contributed by atoms with Gasteiger partial charge in [0.1, 0.15) is 0 Å². The Morgan fingerprint density at radius 3 is 2.83 bits per heavy atom. The van der Waals surface area contributed by atoms with Gasteiger partial charge >= 0.3 is 0 Å². The molecule has 0 saturated carbocycles. The number of hydrogen-bond acceptors (Lipinski definition) is 3. The van der Waals surface area contributed by atoms with Gasteiger partial charge in [0, 0.05) is 18.8 Å². The largest absolute Gasteiger partial charge is 0.300 e. The Morgan fingerprint density at radius 1 is 1.17 bits per heavy atom. The van der Waals surface area contributed by atoms with Gasteiger partial charge in [-0.25, -0.2) is 0 Å². The van der Waals surface area contributed by atoms with E-state index in [1.54, 1.807) is 11.3 Å². The van der Waals surface area contributed by atoms with E-state index >= 15 is 0 Å². The van der Waals surface area contributed by atoms with Gasteiger partial charge in [0.15, 0.2) is 0 Å². The molecule has 118 valence electrons. The van der Waals surface area contributed by atoms with Crippen molar-refractivity contribution in [3.05, 3.63) is 53.7 Å². The molecule has 0 radical (unpaired) electrons. The number of rotatable bonds is 4. The maximum absolute atomic E-state index is 4.17. The second kappa shape index (κ2) is 6.42. The Morgan fingerprint density at radius 2 is 2.04 bits per heavy atom. The number of likely N-dealkylation sites (tertiary alicyclic amines) is 1. The van der Waals surface area contributed by atoms with Gasteiger partial charge in [-0.15, -0.1) is 11.3 Å². The first-order valence-corrected chi connectivity index (χ1v) is 9.33. The van der Waals surface area contributed by atoms with E-state index in [1.165, 1.54) is 52.7 Å². The van der Waals surface area contributed by atoms with Crippen molar-refractivity contribution in [2.45, 2.75) is 32.2 Å². The smallest absolute Gasteiger partial charge is 0.0797 e. The van der Waals surface area contributed by atoms with Gasteiger partial charge in [-0.2, -0.15) is 0 Å².